The summed E-state index contributed by atoms with van der Waals surface area (Å²) in [5.41, 5.74) is 1.96. The molecule has 0 aliphatic carbocycles. The van der Waals surface area contributed by atoms with Crippen LogP contribution >= 0.6 is 11.8 Å². The Balaban J connectivity index is 1.42. The summed E-state index contributed by atoms with van der Waals surface area (Å²) in [4.78, 5) is 4.53. The van der Waals surface area contributed by atoms with Crippen molar-refractivity contribution < 1.29 is 13.2 Å². The van der Waals surface area contributed by atoms with E-state index in [1.807, 2.05) is 41.1 Å². The van der Waals surface area contributed by atoms with Crippen molar-refractivity contribution in [1.82, 2.24) is 14.7 Å². The molecule has 0 aromatic carbocycles. The summed E-state index contributed by atoms with van der Waals surface area (Å²) in [5.74, 6) is -0.844. The number of rotatable bonds is 8. The van der Waals surface area contributed by atoms with Gasteiger partial charge in [-0.3, -0.25) is 0 Å². The van der Waals surface area contributed by atoms with Crippen LogP contribution in [0.1, 0.15) is 17.2 Å². The quantitative estimate of drug-likeness (QED) is 0.636. The average molecular weight is 337 g/mol. The van der Waals surface area contributed by atoms with Gasteiger partial charge in [0.2, 0.25) is 0 Å². The second-order valence-corrected chi connectivity index (χ2v) is 6.04. The maximum absolute atomic E-state index is 12.1. The molecule has 4 nitrogen and oxygen atoms in total. The van der Waals surface area contributed by atoms with Gasteiger partial charge in [0.05, 0.1) is 18.0 Å². The van der Waals surface area contributed by atoms with Crippen LogP contribution in [0.3, 0.4) is 0 Å². The van der Waals surface area contributed by atoms with E-state index in [1.54, 1.807) is 6.07 Å². The number of thioether (sulfide) groups is 1. The van der Waals surface area contributed by atoms with Crippen LogP contribution in [-0.2, 0) is 18.7 Å². The molecule has 1 N–H and O–H groups in total. The van der Waals surface area contributed by atoms with Crippen molar-refractivity contribution in [3.05, 3.63) is 59.9 Å². The van der Waals surface area contributed by atoms with Crippen molar-refractivity contribution in [1.29, 1.82) is 0 Å². The fraction of sp³-hybridized carbons (Fsp3) is 0.312. The number of hydrogen-bond donors (Lipinski definition) is 1. The molecule has 0 aliphatic rings. The Morgan fingerprint density at radius 2 is 2.09 bits per heavy atom. The van der Waals surface area contributed by atoms with E-state index in [-0.39, 0.29) is 5.75 Å². The van der Waals surface area contributed by atoms with Crippen LogP contribution < -0.4 is 5.32 Å². The third-order valence-corrected chi connectivity index (χ3v) is 4.04. The number of furan rings is 1. The van der Waals surface area contributed by atoms with Crippen LogP contribution in [0.2, 0.25) is 0 Å². The molecule has 0 saturated heterocycles. The summed E-state index contributed by atoms with van der Waals surface area (Å²) >= 11 is 0.567. The summed E-state index contributed by atoms with van der Waals surface area (Å²) in [6, 6.07) is 9.47. The van der Waals surface area contributed by atoms with Gasteiger partial charge in [0.15, 0.2) is 0 Å². The number of nitrogens with one attached hydrogen (secondary N) is 1. The molecule has 0 radical (unpaired) electrons. The molecular weight excluding hydrogens is 320 g/mol. The lowest BCUT2D eigenvalue weighted by Crippen LogP contribution is -2.16. The predicted molar refractivity (Wildman–Crippen MR) is 86.6 cm³/mol. The SMILES string of the molecule is FC(F)SCc1ccc(CNCCc2cn3ccccc3n2)o1. The first-order valence-corrected chi connectivity index (χ1v) is 8.36. The van der Waals surface area contributed by atoms with Crippen molar-refractivity contribution in [2.24, 2.45) is 0 Å². The smallest absolute Gasteiger partial charge is 0.284 e. The Morgan fingerprint density at radius 1 is 1.22 bits per heavy atom. The lowest BCUT2D eigenvalue weighted by atomic mass is 10.3. The molecule has 0 aliphatic heterocycles. The van der Waals surface area contributed by atoms with E-state index in [2.05, 4.69) is 10.3 Å². The van der Waals surface area contributed by atoms with Crippen molar-refractivity contribution in [3.63, 3.8) is 0 Å². The van der Waals surface area contributed by atoms with Crippen LogP contribution in [0.4, 0.5) is 8.78 Å². The molecule has 23 heavy (non-hydrogen) atoms. The van der Waals surface area contributed by atoms with Gasteiger partial charge in [-0.05, 0) is 24.3 Å². The predicted octanol–water partition coefficient (Wildman–Crippen LogP) is 3.72. The lowest BCUT2D eigenvalue weighted by Gasteiger charge is -2.01. The van der Waals surface area contributed by atoms with E-state index in [0.717, 1.165) is 30.1 Å². The number of pyridine rings is 1. The van der Waals surface area contributed by atoms with Crippen LogP contribution in [0.15, 0.2) is 47.1 Å². The van der Waals surface area contributed by atoms with Crippen LogP contribution in [0, 0.1) is 0 Å². The van der Waals surface area contributed by atoms with Gasteiger partial charge in [-0.2, -0.15) is 8.78 Å². The standard InChI is InChI=1S/C16H17F2N3OS/c17-16(18)23-11-14-5-4-13(22-14)9-19-7-6-12-10-21-8-2-1-3-15(21)20-12/h1-5,8,10,16,19H,6-7,9,11H2. The lowest BCUT2D eigenvalue weighted by molar-refractivity contribution is 0.251. The minimum atomic E-state index is -2.37. The van der Waals surface area contributed by atoms with E-state index in [9.17, 15) is 8.78 Å². The first-order chi connectivity index (χ1) is 11.2. The van der Waals surface area contributed by atoms with Crippen molar-refractivity contribution in [2.45, 2.75) is 24.5 Å². The summed E-state index contributed by atoms with van der Waals surface area (Å²) in [6.45, 7) is 1.35. The van der Waals surface area contributed by atoms with E-state index in [4.69, 9.17) is 4.42 Å². The Kier molecular flexibility index (Phi) is 5.30. The third kappa shape index (κ3) is 4.56. The number of hydrogen-bond acceptors (Lipinski definition) is 4. The number of nitrogens with zero attached hydrogens (tertiary/aromatic N) is 2. The topological polar surface area (TPSA) is 42.5 Å². The van der Waals surface area contributed by atoms with E-state index in [1.165, 1.54) is 0 Å². The molecule has 0 atom stereocenters. The Labute approximate surface area is 136 Å². The van der Waals surface area contributed by atoms with Gasteiger partial charge in [-0.1, -0.05) is 17.8 Å². The second kappa shape index (κ2) is 7.61. The zero-order valence-electron chi connectivity index (χ0n) is 12.4. The number of imidazole rings is 1. The maximum atomic E-state index is 12.1. The minimum Gasteiger partial charge on any atom is -0.464 e. The number of alkyl halides is 2. The Hall–Kier alpha value is -1.86. The second-order valence-electron chi connectivity index (χ2n) is 5.06. The number of halogens is 2. The van der Waals surface area contributed by atoms with Gasteiger partial charge in [0, 0.05) is 25.4 Å². The van der Waals surface area contributed by atoms with Crippen LogP contribution in [0.25, 0.3) is 5.65 Å². The Morgan fingerprint density at radius 3 is 2.91 bits per heavy atom. The third-order valence-electron chi connectivity index (χ3n) is 3.34. The molecule has 122 valence electrons. The van der Waals surface area contributed by atoms with Gasteiger partial charge in [0.1, 0.15) is 17.2 Å². The fourth-order valence-corrected chi connectivity index (χ4v) is 2.72. The maximum Gasteiger partial charge on any atom is 0.284 e. The highest BCUT2D eigenvalue weighted by Crippen LogP contribution is 2.21. The summed E-state index contributed by atoms with van der Waals surface area (Å²) in [5, 5.41) is 3.27. The molecule has 7 heteroatoms. The normalized spacial score (nSPS) is 11.6. The van der Waals surface area contributed by atoms with Crippen LogP contribution in [0.5, 0.6) is 0 Å². The van der Waals surface area contributed by atoms with Crippen molar-refractivity contribution >= 4 is 17.4 Å². The summed E-state index contributed by atoms with van der Waals surface area (Å²) in [6.07, 6.45) is 4.81. The zero-order chi connectivity index (χ0) is 16.1. The van der Waals surface area contributed by atoms with Gasteiger partial charge in [0.25, 0.3) is 5.76 Å². The highest BCUT2D eigenvalue weighted by molar-refractivity contribution is 7.98. The minimum absolute atomic E-state index is 0.193. The average Bonchev–Trinajstić information content (AvgIpc) is 3.15. The summed E-state index contributed by atoms with van der Waals surface area (Å²) in [7, 11) is 0. The molecular formula is C16H17F2N3OS. The zero-order valence-corrected chi connectivity index (χ0v) is 13.2. The molecule has 0 bridgehead atoms. The highest BCUT2D eigenvalue weighted by Gasteiger charge is 2.07. The molecule has 0 spiro atoms. The molecule has 0 unspecified atom stereocenters. The van der Waals surface area contributed by atoms with Gasteiger partial charge >= 0.3 is 0 Å². The van der Waals surface area contributed by atoms with Gasteiger partial charge in [-0.15, -0.1) is 0 Å². The molecule has 3 aromatic rings. The number of aromatic nitrogens is 2. The van der Waals surface area contributed by atoms with Crippen molar-refractivity contribution in [2.75, 3.05) is 6.54 Å². The first kappa shape index (κ1) is 16.0. The fourth-order valence-electron chi connectivity index (χ4n) is 2.28. The van der Waals surface area contributed by atoms with Gasteiger partial charge < -0.3 is 14.1 Å². The molecule has 0 fully saturated rings. The number of fused-ring (bicyclic) bond motifs is 1. The van der Waals surface area contributed by atoms with Crippen molar-refractivity contribution in [3.8, 4) is 0 Å². The molecule has 0 saturated carbocycles. The first-order valence-electron chi connectivity index (χ1n) is 7.31. The van der Waals surface area contributed by atoms with E-state index in [0.29, 0.717) is 24.1 Å². The van der Waals surface area contributed by atoms with E-state index >= 15 is 0 Å². The molecule has 0 amide bonds. The monoisotopic (exact) mass is 337 g/mol. The molecule has 3 aromatic heterocycles. The van der Waals surface area contributed by atoms with E-state index < -0.39 is 5.76 Å². The summed E-state index contributed by atoms with van der Waals surface area (Å²) < 4.78 is 31.7. The van der Waals surface area contributed by atoms with Gasteiger partial charge in [-0.25, -0.2) is 4.98 Å². The van der Waals surface area contributed by atoms with Crippen LogP contribution in [-0.4, -0.2) is 21.7 Å². The largest absolute Gasteiger partial charge is 0.464 e. The Bertz CT molecular complexity index is 723. The highest BCUT2D eigenvalue weighted by atomic mass is 32.2. The molecule has 3 heterocycles. The molecule has 3 rings (SSSR count).